The highest BCUT2D eigenvalue weighted by molar-refractivity contribution is 7.20. The summed E-state index contributed by atoms with van der Waals surface area (Å²) in [6, 6.07) is 89.6. The summed E-state index contributed by atoms with van der Waals surface area (Å²) < 4.78 is 18.8. The maximum atomic E-state index is 14.2. The molecule has 0 fully saturated rings. The predicted molar refractivity (Wildman–Crippen MR) is 278 cm³/mol. The van der Waals surface area contributed by atoms with Gasteiger partial charge in [0.2, 0.25) is 0 Å². The summed E-state index contributed by atoms with van der Waals surface area (Å²) >= 11 is 0. The number of rotatable bonds is 9. The Bertz CT molecular complexity index is 3710. The molecule has 12 rings (SSSR count). The zero-order valence-electron chi connectivity index (χ0n) is 36.3. The van der Waals surface area contributed by atoms with E-state index in [9.17, 15) is 9.65 Å². The van der Waals surface area contributed by atoms with Crippen LogP contribution >= 0.6 is 0 Å². The molecule has 10 aromatic carbocycles. The van der Waals surface area contributed by atoms with Crippen LogP contribution in [0.5, 0.6) is 0 Å². The van der Waals surface area contributed by atoms with Crippen molar-refractivity contribution in [1.29, 1.82) is 5.26 Å². The summed E-state index contributed by atoms with van der Waals surface area (Å²) in [7, 11) is -2.87. The van der Waals surface area contributed by atoms with Crippen LogP contribution in [0.25, 0.3) is 55.0 Å². The number of nitriles is 1. The van der Waals surface area contributed by atoms with Crippen molar-refractivity contribution in [3.63, 3.8) is 0 Å². The molecular formula is C61H41FN4Si. The maximum Gasteiger partial charge on any atom is 0.179 e. The van der Waals surface area contributed by atoms with E-state index in [4.69, 9.17) is 0 Å². The second-order valence-electron chi connectivity index (χ2n) is 17.0. The first-order valence-corrected chi connectivity index (χ1v) is 24.5. The number of hydrogen-bond acceptors (Lipinski definition) is 2. The van der Waals surface area contributed by atoms with E-state index in [2.05, 4.69) is 214 Å². The minimum absolute atomic E-state index is 0.269. The Kier molecular flexibility index (Phi) is 9.71. The lowest BCUT2D eigenvalue weighted by atomic mass is 10.1. The van der Waals surface area contributed by atoms with Crippen molar-refractivity contribution in [3.8, 4) is 17.4 Å². The van der Waals surface area contributed by atoms with Crippen LogP contribution in [-0.4, -0.2) is 17.2 Å². The standard InChI is InChI=1S/C61H41FN4Si/c62-44-27-31-47(32-28-44)66-58-24-14-13-23-54(58)55-39-48(33-36-59(55)66)64(46-29-25-43(42-63)26-30-46)49-34-37-60-56(40-49)57-41-53(35-38-61(57)65(60)45-15-5-1-6-16-45)67(50-17-7-2-8-18-50,51-19-9-3-10-20-51)52-21-11-4-12-22-52/h1-41H. The number of nitrogens with zero attached hydrogens (tertiary/aromatic N) is 4. The molecular weight excluding hydrogens is 836 g/mol. The summed E-state index contributed by atoms with van der Waals surface area (Å²) in [4.78, 5) is 2.29. The zero-order valence-corrected chi connectivity index (χ0v) is 37.3. The summed E-state index contributed by atoms with van der Waals surface area (Å²) in [5, 5.41) is 19.6. The van der Waals surface area contributed by atoms with Gasteiger partial charge in [-0.2, -0.15) is 5.26 Å². The van der Waals surface area contributed by atoms with Crippen LogP contribution in [0.15, 0.2) is 249 Å². The number of aromatic nitrogens is 2. The molecule has 0 N–H and O–H groups in total. The summed E-state index contributed by atoms with van der Waals surface area (Å²) in [5.41, 5.74) is 9.74. The molecule has 0 aliphatic rings. The van der Waals surface area contributed by atoms with Gasteiger partial charge >= 0.3 is 0 Å². The molecule has 0 aliphatic carbocycles. The van der Waals surface area contributed by atoms with Crippen molar-refractivity contribution in [3.05, 3.63) is 260 Å². The van der Waals surface area contributed by atoms with Gasteiger partial charge in [0.15, 0.2) is 8.07 Å². The summed E-state index contributed by atoms with van der Waals surface area (Å²) in [6.45, 7) is 0. The van der Waals surface area contributed by atoms with Crippen LogP contribution in [0.3, 0.4) is 0 Å². The molecule has 4 nitrogen and oxygen atoms in total. The van der Waals surface area contributed by atoms with Gasteiger partial charge in [-0.15, -0.1) is 0 Å². The topological polar surface area (TPSA) is 36.9 Å². The van der Waals surface area contributed by atoms with Crippen LogP contribution in [0.4, 0.5) is 21.5 Å². The fraction of sp³-hybridized carbons (Fsp3) is 0. The van der Waals surface area contributed by atoms with Crippen LogP contribution in [0.2, 0.25) is 0 Å². The maximum absolute atomic E-state index is 14.2. The number of halogens is 1. The Labute approximate surface area is 388 Å². The van der Waals surface area contributed by atoms with Crippen molar-refractivity contribution < 1.29 is 4.39 Å². The third-order valence-corrected chi connectivity index (χ3v) is 18.1. The van der Waals surface area contributed by atoms with Gasteiger partial charge in [0.25, 0.3) is 0 Å². The minimum Gasteiger partial charge on any atom is -0.310 e. The van der Waals surface area contributed by atoms with E-state index in [1.165, 1.54) is 32.9 Å². The molecule has 0 amide bonds. The molecule has 0 aliphatic heterocycles. The monoisotopic (exact) mass is 876 g/mol. The third-order valence-electron chi connectivity index (χ3n) is 13.3. The van der Waals surface area contributed by atoms with Gasteiger partial charge in [0.1, 0.15) is 5.82 Å². The SMILES string of the molecule is N#Cc1ccc(N(c2ccc3c(c2)c2ccccc2n3-c2ccc(F)cc2)c2ccc3c(c2)c2cc([Si](c4ccccc4)(c4ccccc4)c4ccccc4)ccc2n3-c2ccccc2)cc1. The molecule has 0 unspecified atom stereocenters. The van der Waals surface area contributed by atoms with E-state index >= 15 is 0 Å². The van der Waals surface area contributed by atoms with Crippen molar-refractivity contribution in [1.82, 2.24) is 9.13 Å². The summed E-state index contributed by atoms with van der Waals surface area (Å²) in [5.74, 6) is -0.269. The molecule has 0 bridgehead atoms. The normalized spacial score (nSPS) is 11.6. The Hall–Kier alpha value is -8.76. The van der Waals surface area contributed by atoms with Crippen LogP contribution in [0, 0.1) is 17.1 Å². The quantitative estimate of drug-likeness (QED) is 0.107. The molecule has 0 saturated carbocycles. The van der Waals surface area contributed by atoms with Crippen molar-refractivity contribution in [2.45, 2.75) is 0 Å². The molecule has 67 heavy (non-hydrogen) atoms. The smallest absolute Gasteiger partial charge is 0.179 e. The molecule has 0 radical (unpaired) electrons. The fourth-order valence-electron chi connectivity index (χ4n) is 10.4. The van der Waals surface area contributed by atoms with Crippen molar-refractivity contribution in [2.24, 2.45) is 0 Å². The highest BCUT2D eigenvalue weighted by atomic mass is 28.3. The van der Waals surface area contributed by atoms with Gasteiger partial charge < -0.3 is 14.0 Å². The number of para-hydroxylation sites is 2. The number of fused-ring (bicyclic) bond motifs is 6. The fourth-order valence-corrected chi connectivity index (χ4v) is 15.2. The number of anilines is 3. The van der Waals surface area contributed by atoms with Crippen LogP contribution in [0.1, 0.15) is 5.56 Å². The Morgan fingerprint density at radius 2 is 0.776 bits per heavy atom. The highest BCUT2D eigenvalue weighted by Crippen LogP contribution is 2.42. The first-order chi connectivity index (χ1) is 33.1. The molecule has 0 atom stereocenters. The minimum atomic E-state index is -2.87. The van der Waals surface area contributed by atoms with Crippen LogP contribution < -0.4 is 25.6 Å². The second-order valence-corrected chi connectivity index (χ2v) is 20.8. The van der Waals surface area contributed by atoms with E-state index < -0.39 is 8.07 Å². The molecule has 0 saturated heterocycles. The largest absolute Gasteiger partial charge is 0.310 e. The highest BCUT2D eigenvalue weighted by Gasteiger charge is 2.41. The third kappa shape index (κ3) is 6.55. The van der Waals surface area contributed by atoms with Gasteiger partial charge in [-0.1, -0.05) is 140 Å². The molecule has 316 valence electrons. The molecule has 0 spiro atoms. The zero-order chi connectivity index (χ0) is 44.9. The van der Waals surface area contributed by atoms with Crippen molar-refractivity contribution >= 4 is 89.5 Å². The molecule has 6 heteroatoms. The first-order valence-electron chi connectivity index (χ1n) is 22.5. The Balaban J connectivity index is 1.13. The summed E-state index contributed by atoms with van der Waals surface area (Å²) in [6.07, 6.45) is 0. The number of benzene rings is 10. The van der Waals surface area contributed by atoms with E-state index in [0.717, 1.165) is 72.0 Å². The van der Waals surface area contributed by atoms with Crippen LogP contribution in [-0.2, 0) is 0 Å². The van der Waals surface area contributed by atoms with Gasteiger partial charge in [-0.05, 0) is 130 Å². The predicted octanol–water partition coefficient (Wildman–Crippen LogP) is 12.7. The average molecular weight is 877 g/mol. The lowest BCUT2D eigenvalue weighted by Crippen LogP contribution is -2.74. The van der Waals surface area contributed by atoms with Crippen molar-refractivity contribution in [2.75, 3.05) is 4.90 Å². The molecule has 2 aromatic heterocycles. The molecule has 12 aromatic rings. The van der Waals surface area contributed by atoms with E-state index in [1.54, 1.807) is 0 Å². The van der Waals surface area contributed by atoms with E-state index in [-0.39, 0.29) is 5.82 Å². The van der Waals surface area contributed by atoms with Gasteiger partial charge in [-0.25, -0.2) is 4.39 Å². The van der Waals surface area contributed by atoms with Gasteiger partial charge in [0, 0.05) is 50.0 Å². The Morgan fingerprint density at radius 1 is 0.358 bits per heavy atom. The lowest BCUT2D eigenvalue weighted by Gasteiger charge is -2.34. The van der Waals surface area contributed by atoms with Gasteiger partial charge in [-0.3, -0.25) is 0 Å². The first kappa shape index (κ1) is 39.8. The van der Waals surface area contributed by atoms with E-state index in [0.29, 0.717) is 5.56 Å². The average Bonchev–Trinajstić information content (AvgIpc) is 3.90. The molecule has 2 heterocycles. The van der Waals surface area contributed by atoms with E-state index in [1.807, 2.05) is 42.5 Å². The Morgan fingerprint density at radius 3 is 1.31 bits per heavy atom. The number of hydrogen-bond donors (Lipinski definition) is 0. The van der Waals surface area contributed by atoms with Gasteiger partial charge in [0.05, 0.1) is 33.7 Å². The second kappa shape index (κ2) is 16.3. The lowest BCUT2D eigenvalue weighted by molar-refractivity contribution is 0.627.